The minimum Gasteiger partial charge on any atom is -0.493 e. The fraction of sp³-hybridized carbons (Fsp3) is 0.250. The number of nitrogens with one attached hydrogen (secondary N) is 1. The molecule has 2 heterocycles. The number of H-pyrrole nitrogens is 1. The summed E-state index contributed by atoms with van der Waals surface area (Å²) in [6, 6.07) is 10.1. The third-order valence-electron chi connectivity index (χ3n) is 4.79. The summed E-state index contributed by atoms with van der Waals surface area (Å²) in [4.78, 5) is 18.0. The molecule has 1 aliphatic rings. The van der Waals surface area contributed by atoms with Gasteiger partial charge in [-0.3, -0.25) is 4.79 Å². The first-order chi connectivity index (χ1) is 12.7. The van der Waals surface area contributed by atoms with Gasteiger partial charge in [-0.15, -0.1) is 0 Å². The summed E-state index contributed by atoms with van der Waals surface area (Å²) in [7, 11) is 4.65. The molecule has 0 bridgehead atoms. The number of carbonyl (C=O) groups excluding carboxylic acids is 1. The summed E-state index contributed by atoms with van der Waals surface area (Å²) < 4.78 is 16.4. The lowest BCUT2D eigenvalue weighted by atomic mass is 9.97. The second-order valence-electron chi connectivity index (χ2n) is 6.11. The second-order valence-corrected chi connectivity index (χ2v) is 6.11. The van der Waals surface area contributed by atoms with Crippen LogP contribution in [-0.2, 0) is 0 Å². The van der Waals surface area contributed by atoms with Gasteiger partial charge in [0.05, 0.1) is 32.6 Å². The molecular formula is C20H20N2O4. The Hall–Kier alpha value is -3.15. The van der Waals surface area contributed by atoms with E-state index in [9.17, 15) is 4.79 Å². The zero-order valence-electron chi connectivity index (χ0n) is 15.0. The predicted molar refractivity (Wildman–Crippen MR) is 100 cm³/mol. The van der Waals surface area contributed by atoms with Gasteiger partial charge >= 0.3 is 0 Å². The molecule has 6 nitrogen and oxygen atoms in total. The van der Waals surface area contributed by atoms with Crippen LogP contribution in [0.2, 0.25) is 0 Å². The number of nitrogens with zero attached hydrogens (tertiary/aromatic N) is 1. The van der Waals surface area contributed by atoms with Gasteiger partial charge in [-0.2, -0.15) is 0 Å². The normalized spacial score (nSPS) is 13.7. The number of fused-ring (bicyclic) bond motifs is 2. The minimum atomic E-state index is 0.0387. The number of methoxy groups -OCH3 is 3. The molecule has 26 heavy (non-hydrogen) atoms. The third-order valence-corrected chi connectivity index (χ3v) is 4.79. The number of Topliss-reactive ketones (excluding diaryl/α,β-unsaturated/α-hetero) is 1. The highest BCUT2D eigenvalue weighted by Crippen LogP contribution is 2.48. The van der Waals surface area contributed by atoms with Gasteiger partial charge < -0.3 is 24.1 Å². The lowest BCUT2D eigenvalue weighted by molar-refractivity contribution is 0.0977. The number of ketones is 1. The maximum atomic E-state index is 12.7. The van der Waals surface area contributed by atoms with Crippen LogP contribution >= 0.6 is 0 Å². The average Bonchev–Trinajstić information content (AvgIpc) is 3.14. The van der Waals surface area contributed by atoms with Gasteiger partial charge in [0.25, 0.3) is 0 Å². The number of anilines is 2. The average molecular weight is 352 g/mol. The molecule has 0 radical (unpaired) electrons. The van der Waals surface area contributed by atoms with Gasteiger partial charge in [-0.05, 0) is 24.3 Å². The molecule has 0 saturated carbocycles. The van der Waals surface area contributed by atoms with Crippen molar-refractivity contribution in [3.8, 4) is 17.2 Å². The van der Waals surface area contributed by atoms with E-state index in [1.54, 1.807) is 7.11 Å². The van der Waals surface area contributed by atoms with Crippen molar-refractivity contribution in [1.82, 2.24) is 4.98 Å². The van der Waals surface area contributed by atoms with Crippen LogP contribution < -0.4 is 19.1 Å². The summed E-state index contributed by atoms with van der Waals surface area (Å²) in [5.74, 6) is 1.42. The fourth-order valence-electron chi connectivity index (χ4n) is 3.56. The topological polar surface area (TPSA) is 63.8 Å². The third kappa shape index (κ3) is 2.37. The molecule has 1 aliphatic heterocycles. The van der Waals surface area contributed by atoms with Crippen molar-refractivity contribution < 1.29 is 19.0 Å². The molecule has 0 aliphatic carbocycles. The highest BCUT2D eigenvalue weighted by molar-refractivity contribution is 6.08. The molecule has 0 spiro atoms. The largest absolute Gasteiger partial charge is 0.493 e. The Labute approximate surface area is 151 Å². The maximum Gasteiger partial charge on any atom is 0.204 e. The van der Waals surface area contributed by atoms with Crippen LogP contribution in [0.25, 0.3) is 10.9 Å². The number of aromatic nitrogens is 1. The number of carbonyl (C=O) groups is 1. The first-order valence-electron chi connectivity index (χ1n) is 8.38. The molecule has 1 N–H and O–H groups in total. The monoisotopic (exact) mass is 352 g/mol. The quantitative estimate of drug-likeness (QED) is 0.771. The summed E-state index contributed by atoms with van der Waals surface area (Å²) >= 11 is 0. The summed E-state index contributed by atoms with van der Waals surface area (Å²) in [5.41, 5.74) is 3.39. The number of ether oxygens (including phenoxy) is 3. The van der Waals surface area contributed by atoms with Crippen LogP contribution in [0, 0.1) is 0 Å². The first kappa shape index (κ1) is 16.3. The van der Waals surface area contributed by atoms with Crippen LogP contribution in [0.1, 0.15) is 16.8 Å². The smallest absolute Gasteiger partial charge is 0.204 e. The first-order valence-corrected chi connectivity index (χ1v) is 8.38. The molecule has 0 unspecified atom stereocenters. The van der Waals surface area contributed by atoms with Crippen molar-refractivity contribution >= 4 is 28.1 Å². The van der Waals surface area contributed by atoms with Crippen molar-refractivity contribution in [2.45, 2.75) is 6.42 Å². The van der Waals surface area contributed by atoms with Gasteiger partial charge in [0.1, 0.15) is 0 Å². The van der Waals surface area contributed by atoms with E-state index < -0.39 is 0 Å². The minimum absolute atomic E-state index is 0.0387. The lowest BCUT2D eigenvalue weighted by Gasteiger charge is -2.32. The van der Waals surface area contributed by atoms with Crippen molar-refractivity contribution in [2.75, 3.05) is 32.8 Å². The van der Waals surface area contributed by atoms with Crippen molar-refractivity contribution in [2.24, 2.45) is 0 Å². The van der Waals surface area contributed by atoms with E-state index in [1.165, 1.54) is 14.2 Å². The molecule has 6 heteroatoms. The molecule has 0 amide bonds. The van der Waals surface area contributed by atoms with E-state index in [2.05, 4.69) is 16.0 Å². The number of aromatic amines is 1. The molecule has 1 aromatic heterocycles. The Morgan fingerprint density at radius 2 is 1.81 bits per heavy atom. The molecule has 0 fully saturated rings. The van der Waals surface area contributed by atoms with Crippen LogP contribution in [0.4, 0.5) is 11.4 Å². The zero-order chi connectivity index (χ0) is 18.3. The molecule has 2 aromatic carbocycles. The molecule has 0 saturated heterocycles. The molecule has 3 aromatic rings. The van der Waals surface area contributed by atoms with E-state index in [4.69, 9.17) is 14.2 Å². The van der Waals surface area contributed by atoms with Gasteiger partial charge in [-0.1, -0.05) is 0 Å². The Balaban J connectivity index is 1.93. The molecule has 0 atom stereocenters. The van der Waals surface area contributed by atoms with Gasteiger partial charge in [0.2, 0.25) is 5.75 Å². The van der Waals surface area contributed by atoms with E-state index in [0.29, 0.717) is 35.8 Å². The van der Waals surface area contributed by atoms with E-state index in [-0.39, 0.29) is 5.78 Å². The standard InChI is InChI=1S/C20H20N2O4/c1-24-17-11-15-18(20(26-3)19(17)25-2)16(23)7-9-22(15)13-4-5-14-12(10-13)6-8-21-14/h4-6,8,10-11,21H,7,9H2,1-3H3. The number of hydrogen-bond donors (Lipinski definition) is 1. The Morgan fingerprint density at radius 1 is 1.00 bits per heavy atom. The van der Waals surface area contributed by atoms with Crippen LogP contribution in [0.3, 0.4) is 0 Å². The van der Waals surface area contributed by atoms with Crippen molar-refractivity contribution in [1.29, 1.82) is 0 Å². The van der Waals surface area contributed by atoms with Crippen LogP contribution in [0.5, 0.6) is 17.2 Å². The van der Waals surface area contributed by atoms with Crippen molar-refractivity contribution in [3.05, 3.63) is 42.1 Å². The summed E-state index contributed by atoms with van der Waals surface area (Å²) in [6.45, 7) is 0.598. The molecule has 134 valence electrons. The number of rotatable bonds is 4. The SMILES string of the molecule is COc1cc2c(c(OC)c1OC)C(=O)CCN2c1ccc2[nH]ccc2c1. The second kappa shape index (κ2) is 6.29. The number of benzene rings is 2. The molecule has 4 rings (SSSR count). The maximum absolute atomic E-state index is 12.7. The van der Waals surface area contributed by atoms with E-state index >= 15 is 0 Å². The fourth-order valence-corrected chi connectivity index (χ4v) is 3.56. The summed E-state index contributed by atoms with van der Waals surface area (Å²) in [6.07, 6.45) is 2.32. The van der Waals surface area contributed by atoms with Crippen LogP contribution in [0.15, 0.2) is 36.5 Å². The Morgan fingerprint density at radius 3 is 2.54 bits per heavy atom. The highest BCUT2D eigenvalue weighted by atomic mass is 16.5. The van der Waals surface area contributed by atoms with Gasteiger partial charge in [0, 0.05) is 41.8 Å². The lowest BCUT2D eigenvalue weighted by Crippen LogP contribution is -2.28. The van der Waals surface area contributed by atoms with E-state index in [0.717, 1.165) is 22.3 Å². The Bertz CT molecular complexity index is 993. The van der Waals surface area contributed by atoms with Gasteiger partial charge in [-0.25, -0.2) is 0 Å². The molecular weight excluding hydrogens is 332 g/mol. The van der Waals surface area contributed by atoms with Crippen LogP contribution in [-0.4, -0.2) is 38.6 Å². The number of hydrogen-bond acceptors (Lipinski definition) is 5. The van der Waals surface area contributed by atoms with Gasteiger partial charge in [0.15, 0.2) is 17.3 Å². The Kier molecular flexibility index (Phi) is 3.95. The van der Waals surface area contributed by atoms with Crippen molar-refractivity contribution in [3.63, 3.8) is 0 Å². The zero-order valence-corrected chi connectivity index (χ0v) is 15.0. The summed E-state index contributed by atoms with van der Waals surface area (Å²) in [5, 5.41) is 1.12. The van der Waals surface area contributed by atoms with E-state index in [1.807, 2.05) is 30.5 Å². The predicted octanol–water partition coefficient (Wildman–Crippen LogP) is 3.92. The highest BCUT2D eigenvalue weighted by Gasteiger charge is 2.32.